The van der Waals surface area contributed by atoms with Gasteiger partial charge in [0.25, 0.3) is 0 Å². The summed E-state index contributed by atoms with van der Waals surface area (Å²) in [6.45, 7) is 14.6. The van der Waals surface area contributed by atoms with E-state index >= 15 is 0 Å². The topological polar surface area (TPSA) is 17.8 Å². The number of hydrogen-bond acceptors (Lipinski definition) is 1. The van der Waals surface area contributed by atoms with Crippen molar-refractivity contribution in [3.8, 4) is 0 Å². The van der Waals surface area contributed by atoms with Gasteiger partial charge in [-0.3, -0.25) is 4.98 Å². The van der Waals surface area contributed by atoms with Crippen molar-refractivity contribution in [2.24, 2.45) is 5.41 Å². The van der Waals surface area contributed by atoms with Crippen LogP contribution >= 0.6 is 0 Å². The summed E-state index contributed by atoms with van der Waals surface area (Å²) < 4.78 is 2.59. The van der Waals surface area contributed by atoms with E-state index in [1.807, 2.05) is 13.1 Å². The van der Waals surface area contributed by atoms with Crippen LogP contribution in [0.15, 0.2) is 36.5 Å². The average Bonchev–Trinajstić information content (AvgIpc) is 2.92. The maximum Gasteiger partial charge on any atom is 0.0485 e. The molecule has 0 saturated heterocycles. The van der Waals surface area contributed by atoms with Crippen molar-refractivity contribution < 1.29 is 0 Å². The second kappa shape index (κ2) is 7.88. The fraction of sp³-hybridized carbons (Fsp3) is 0.480. The van der Waals surface area contributed by atoms with E-state index in [1.165, 1.54) is 39.7 Å². The van der Waals surface area contributed by atoms with Crippen LogP contribution in [0, 0.1) is 19.3 Å². The Morgan fingerprint density at radius 1 is 1.04 bits per heavy atom. The Hall–Kier alpha value is -2.09. The van der Waals surface area contributed by atoms with E-state index < -0.39 is 0 Å². The number of pyridine rings is 1. The predicted molar refractivity (Wildman–Crippen MR) is 117 cm³/mol. The van der Waals surface area contributed by atoms with Crippen molar-refractivity contribution >= 4 is 10.9 Å². The Labute approximate surface area is 164 Å². The summed E-state index contributed by atoms with van der Waals surface area (Å²) in [6, 6.07) is 11.3. The normalized spacial score (nSPS) is 12.1. The van der Waals surface area contributed by atoms with Gasteiger partial charge >= 0.3 is 0 Å². The highest BCUT2D eigenvalue weighted by atomic mass is 15.0. The van der Waals surface area contributed by atoms with Gasteiger partial charge in [-0.15, -0.1) is 0 Å². The molecule has 2 aromatic heterocycles. The molecular weight excluding hydrogens is 328 g/mol. The predicted octanol–water partition coefficient (Wildman–Crippen LogP) is 6.44. The van der Waals surface area contributed by atoms with Crippen LogP contribution in [0.4, 0.5) is 0 Å². The van der Waals surface area contributed by atoms with Gasteiger partial charge in [0.15, 0.2) is 0 Å². The Bertz CT molecular complexity index is 914. The Morgan fingerprint density at radius 2 is 1.81 bits per heavy atom. The third-order valence-electron chi connectivity index (χ3n) is 6.00. The first kappa shape index (κ1) is 19.7. The number of aromatic nitrogens is 2. The van der Waals surface area contributed by atoms with Gasteiger partial charge in [-0.1, -0.05) is 51.8 Å². The fourth-order valence-corrected chi connectivity index (χ4v) is 3.91. The molecule has 0 aliphatic rings. The molecule has 3 aromatic rings. The molecule has 0 spiro atoms. The summed E-state index contributed by atoms with van der Waals surface area (Å²) in [7, 11) is 0. The third kappa shape index (κ3) is 4.26. The number of rotatable bonds is 7. The molecule has 0 bridgehead atoms. The van der Waals surface area contributed by atoms with E-state index in [4.69, 9.17) is 0 Å². The highest BCUT2D eigenvalue weighted by Crippen LogP contribution is 2.34. The quantitative estimate of drug-likeness (QED) is 0.473. The molecular formula is C25H34N2. The summed E-state index contributed by atoms with van der Waals surface area (Å²) in [4.78, 5) is 4.47. The molecule has 2 heterocycles. The molecule has 0 N–H and O–H groups in total. The molecule has 27 heavy (non-hydrogen) atoms. The zero-order valence-electron chi connectivity index (χ0n) is 17.9. The molecule has 0 fully saturated rings. The van der Waals surface area contributed by atoms with Crippen LogP contribution in [0.3, 0.4) is 0 Å². The highest BCUT2D eigenvalue weighted by Gasteiger charge is 2.23. The lowest BCUT2D eigenvalue weighted by atomic mass is 9.84. The minimum Gasteiger partial charge on any atom is -0.344 e. The maximum atomic E-state index is 4.47. The zero-order valence-corrected chi connectivity index (χ0v) is 17.9. The van der Waals surface area contributed by atoms with E-state index in [2.05, 4.69) is 74.5 Å². The Morgan fingerprint density at radius 3 is 2.44 bits per heavy atom. The molecule has 0 atom stereocenters. The lowest BCUT2D eigenvalue weighted by Crippen LogP contribution is -2.18. The molecule has 0 amide bonds. The van der Waals surface area contributed by atoms with E-state index in [0.29, 0.717) is 5.41 Å². The van der Waals surface area contributed by atoms with Gasteiger partial charge in [-0.25, -0.2) is 0 Å². The SMILES string of the molecule is CCc1c(CC(C)(C)CC)n(CCc2ccc(C)nc2)c2ccc(C)cc12. The summed E-state index contributed by atoms with van der Waals surface area (Å²) in [5, 5.41) is 1.45. The van der Waals surface area contributed by atoms with E-state index in [-0.39, 0.29) is 0 Å². The number of aryl methyl sites for hydroxylation is 5. The Kier molecular flexibility index (Phi) is 5.74. The summed E-state index contributed by atoms with van der Waals surface area (Å²) >= 11 is 0. The van der Waals surface area contributed by atoms with Gasteiger partial charge in [-0.2, -0.15) is 0 Å². The molecule has 0 aliphatic carbocycles. The van der Waals surface area contributed by atoms with Crippen molar-refractivity contribution in [2.75, 3.05) is 0 Å². The van der Waals surface area contributed by atoms with Gasteiger partial charge in [0.05, 0.1) is 0 Å². The van der Waals surface area contributed by atoms with Gasteiger partial charge < -0.3 is 4.57 Å². The van der Waals surface area contributed by atoms with Crippen LogP contribution in [0.1, 0.15) is 62.2 Å². The van der Waals surface area contributed by atoms with Gasteiger partial charge in [-0.05, 0) is 67.9 Å². The van der Waals surface area contributed by atoms with E-state index in [9.17, 15) is 0 Å². The minimum absolute atomic E-state index is 0.316. The smallest absolute Gasteiger partial charge is 0.0485 e. The summed E-state index contributed by atoms with van der Waals surface area (Å²) in [5.41, 5.74) is 8.52. The van der Waals surface area contributed by atoms with Crippen molar-refractivity contribution in [3.63, 3.8) is 0 Å². The van der Waals surface area contributed by atoms with Gasteiger partial charge in [0.2, 0.25) is 0 Å². The monoisotopic (exact) mass is 362 g/mol. The van der Waals surface area contributed by atoms with E-state index in [0.717, 1.165) is 31.5 Å². The van der Waals surface area contributed by atoms with Crippen LogP contribution in [0.2, 0.25) is 0 Å². The second-order valence-corrected chi connectivity index (χ2v) is 8.70. The molecule has 0 saturated carbocycles. The van der Waals surface area contributed by atoms with Crippen LogP contribution in [-0.4, -0.2) is 9.55 Å². The standard InChI is InChI=1S/C25H34N2/c1-7-21-22-15-18(3)9-12-23(22)27(24(21)16-25(5,6)8-2)14-13-20-11-10-19(4)26-17-20/h9-12,15,17H,7-8,13-14,16H2,1-6H3. The summed E-state index contributed by atoms with van der Waals surface area (Å²) in [6.07, 6.45) is 6.47. The number of fused-ring (bicyclic) bond motifs is 1. The largest absolute Gasteiger partial charge is 0.344 e. The second-order valence-electron chi connectivity index (χ2n) is 8.70. The van der Waals surface area contributed by atoms with Crippen molar-refractivity contribution in [2.45, 2.75) is 73.8 Å². The molecule has 0 aliphatic heterocycles. The lowest BCUT2D eigenvalue weighted by molar-refractivity contribution is 0.339. The fourth-order valence-electron chi connectivity index (χ4n) is 3.91. The first-order chi connectivity index (χ1) is 12.8. The molecule has 3 rings (SSSR count). The molecule has 2 heteroatoms. The number of hydrogen-bond donors (Lipinski definition) is 0. The van der Waals surface area contributed by atoms with Crippen LogP contribution < -0.4 is 0 Å². The van der Waals surface area contributed by atoms with Crippen molar-refractivity contribution in [3.05, 3.63) is 64.6 Å². The molecule has 2 nitrogen and oxygen atoms in total. The summed E-state index contributed by atoms with van der Waals surface area (Å²) in [5.74, 6) is 0. The Balaban J connectivity index is 2.06. The molecule has 0 unspecified atom stereocenters. The maximum absolute atomic E-state index is 4.47. The number of benzene rings is 1. The first-order valence-corrected chi connectivity index (χ1v) is 10.4. The minimum atomic E-state index is 0.316. The molecule has 1 aromatic carbocycles. The van der Waals surface area contributed by atoms with Crippen molar-refractivity contribution in [1.82, 2.24) is 9.55 Å². The van der Waals surface area contributed by atoms with Crippen LogP contribution in [-0.2, 0) is 25.8 Å². The van der Waals surface area contributed by atoms with Crippen LogP contribution in [0.5, 0.6) is 0 Å². The van der Waals surface area contributed by atoms with Crippen LogP contribution in [0.25, 0.3) is 10.9 Å². The van der Waals surface area contributed by atoms with Gasteiger partial charge in [0.1, 0.15) is 0 Å². The highest BCUT2D eigenvalue weighted by molar-refractivity contribution is 5.86. The van der Waals surface area contributed by atoms with E-state index in [1.54, 1.807) is 0 Å². The molecule has 0 radical (unpaired) electrons. The number of nitrogens with zero attached hydrogens (tertiary/aromatic N) is 2. The van der Waals surface area contributed by atoms with Gasteiger partial charge in [0, 0.05) is 35.0 Å². The molecule has 144 valence electrons. The lowest BCUT2D eigenvalue weighted by Gasteiger charge is -2.25. The average molecular weight is 363 g/mol. The first-order valence-electron chi connectivity index (χ1n) is 10.4. The third-order valence-corrected chi connectivity index (χ3v) is 6.00. The zero-order chi connectivity index (χ0) is 19.6. The van der Waals surface area contributed by atoms with Crippen molar-refractivity contribution in [1.29, 1.82) is 0 Å².